The molecule has 18 heavy (non-hydrogen) atoms. The monoisotopic (exact) mass is 258 g/mol. The minimum atomic E-state index is -4.41. The molecule has 1 unspecified atom stereocenters. The Kier molecular flexibility index (Phi) is 2.93. The van der Waals surface area contributed by atoms with Crippen LogP contribution in [0.2, 0.25) is 0 Å². The fraction of sp³-hybridized carbons (Fsp3) is 0.300. The Morgan fingerprint density at radius 2 is 2.11 bits per heavy atom. The maximum atomic E-state index is 12.6. The zero-order valence-electron chi connectivity index (χ0n) is 9.27. The van der Waals surface area contributed by atoms with Crippen LogP contribution in [0.4, 0.5) is 13.2 Å². The van der Waals surface area contributed by atoms with E-state index in [1.54, 1.807) is 6.92 Å². The van der Waals surface area contributed by atoms with Crippen molar-refractivity contribution in [1.29, 1.82) is 0 Å². The topological polar surface area (TPSA) is 63.6 Å². The van der Waals surface area contributed by atoms with Gasteiger partial charge >= 0.3 is 11.9 Å². The van der Waals surface area contributed by atoms with Crippen molar-refractivity contribution in [3.63, 3.8) is 0 Å². The van der Waals surface area contributed by atoms with Crippen LogP contribution in [0.3, 0.4) is 0 Å². The lowest BCUT2D eigenvalue weighted by Crippen LogP contribution is -2.22. The maximum Gasteiger partial charge on any atom is 0.416 e. The number of aromatic nitrogens is 4. The summed E-state index contributed by atoms with van der Waals surface area (Å²) in [6.07, 6.45) is -4.41. The first-order valence-corrected chi connectivity index (χ1v) is 5.06. The van der Waals surface area contributed by atoms with Crippen LogP contribution in [0.25, 0.3) is 0 Å². The van der Waals surface area contributed by atoms with E-state index >= 15 is 0 Å². The van der Waals surface area contributed by atoms with Crippen LogP contribution in [0.15, 0.2) is 29.1 Å². The number of nitrogens with one attached hydrogen (secondary N) is 1. The lowest BCUT2D eigenvalue weighted by atomic mass is 10.1. The highest BCUT2D eigenvalue weighted by atomic mass is 19.4. The van der Waals surface area contributed by atoms with Crippen molar-refractivity contribution >= 4 is 0 Å². The summed E-state index contributed by atoms with van der Waals surface area (Å²) in [4.78, 5) is 11.3. The minimum absolute atomic E-state index is 0.334. The van der Waals surface area contributed by atoms with Gasteiger partial charge in [0.25, 0.3) is 0 Å². The molecule has 0 aliphatic heterocycles. The van der Waals surface area contributed by atoms with Crippen LogP contribution >= 0.6 is 0 Å². The second kappa shape index (κ2) is 4.28. The zero-order chi connectivity index (χ0) is 13.3. The third-order valence-corrected chi connectivity index (χ3v) is 2.56. The number of hydrogen-bond acceptors (Lipinski definition) is 3. The molecule has 1 heterocycles. The summed E-state index contributed by atoms with van der Waals surface area (Å²) in [7, 11) is 0. The van der Waals surface area contributed by atoms with E-state index in [9.17, 15) is 18.0 Å². The Labute approximate surface area is 99.2 Å². The van der Waals surface area contributed by atoms with Gasteiger partial charge in [0.15, 0.2) is 0 Å². The number of H-pyrrole nitrogens is 1. The summed E-state index contributed by atoms with van der Waals surface area (Å²) in [5.74, 6) is 0. The highest BCUT2D eigenvalue weighted by molar-refractivity contribution is 5.27. The molecular formula is C10H9F3N4O. The largest absolute Gasteiger partial charge is 0.416 e. The number of halogens is 3. The third-order valence-electron chi connectivity index (χ3n) is 2.56. The first kappa shape index (κ1) is 12.3. The van der Waals surface area contributed by atoms with Crippen LogP contribution in [-0.2, 0) is 6.18 Å². The van der Waals surface area contributed by atoms with E-state index in [-0.39, 0.29) is 0 Å². The van der Waals surface area contributed by atoms with Gasteiger partial charge < -0.3 is 0 Å². The quantitative estimate of drug-likeness (QED) is 0.889. The van der Waals surface area contributed by atoms with Crippen molar-refractivity contribution in [2.45, 2.75) is 19.1 Å². The van der Waals surface area contributed by atoms with Gasteiger partial charge in [-0.15, -0.1) is 0 Å². The van der Waals surface area contributed by atoms with Crippen molar-refractivity contribution in [3.8, 4) is 0 Å². The number of aromatic amines is 1. The fourth-order valence-corrected chi connectivity index (χ4v) is 1.57. The summed E-state index contributed by atoms with van der Waals surface area (Å²) in [5, 5.41) is 8.88. The number of tetrazole rings is 1. The van der Waals surface area contributed by atoms with Gasteiger partial charge in [-0.05, 0) is 35.0 Å². The van der Waals surface area contributed by atoms with Crippen molar-refractivity contribution in [2.24, 2.45) is 0 Å². The highest BCUT2D eigenvalue weighted by Gasteiger charge is 2.30. The Morgan fingerprint density at radius 1 is 1.39 bits per heavy atom. The number of rotatable bonds is 2. The zero-order valence-corrected chi connectivity index (χ0v) is 9.27. The molecule has 0 saturated carbocycles. The van der Waals surface area contributed by atoms with Gasteiger partial charge in [0, 0.05) is 0 Å². The van der Waals surface area contributed by atoms with Crippen LogP contribution in [0.1, 0.15) is 24.1 Å². The van der Waals surface area contributed by atoms with Crippen molar-refractivity contribution in [3.05, 3.63) is 45.9 Å². The van der Waals surface area contributed by atoms with E-state index in [4.69, 9.17) is 0 Å². The highest BCUT2D eigenvalue weighted by Crippen LogP contribution is 2.30. The molecule has 1 aromatic heterocycles. The molecule has 5 nitrogen and oxygen atoms in total. The second-order valence-corrected chi connectivity index (χ2v) is 3.75. The molecule has 8 heteroatoms. The average Bonchev–Trinajstić information content (AvgIpc) is 2.73. The number of hydrogen-bond donors (Lipinski definition) is 1. The molecule has 1 aromatic carbocycles. The van der Waals surface area contributed by atoms with Gasteiger partial charge in [0.05, 0.1) is 11.6 Å². The standard InChI is InChI=1S/C10H9F3N4O/c1-6(17-9(18)14-15-16-17)7-3-2-4-8(5-7)10(11,12)13/h2-6H,1H3,(H,14,16,18). The smallest absolute Gasteiger partial charge is 0.244 e. The number of benzene rings is 1. The Bertz CT molecular complexity index is 601. The molecule has 0 aliphatic carbocycles. The minimum Gasteiger partial charge on any atom is -0.244 e. The SMILES string of the molecule is CC(c1cccc(C(F)(F)F)c1)n1nn[nH]c1=O. The molecule has 96 valence electrons. The Morgan fingerprint density at radius 3 is 2.67 bits per heavy atom. The third kappa shape index (κ3) is 2.27. The molecule has 1 atom stereocenters. The lowest BCUT2D eigenvalue weighted by Gasteiger charge is -2.13. The Balaban J connectivity index is 2.41. The summed E-state index contributed by atoms with van der Waals surface area (Å²) >= 11 is 0. The van der Waals surface area contributed by atoms with E-state index in [0.717, 1.165) is 16.8 Å². The van der Waals surface area contributed by atoms with Crippen LogP contribution < -0.4 is 5.69 Å². The summed E-state index contributed by atoms with van der Waals surface area (Å²) in [5.41, 5.74) is -0.996. The summed E-state index contributed by atoms with van der Waals surface area (Å²) in [6.45, 7) is 1.57. The van der Waals surface area contributed by atoms with Crippen molar-refractivity contribution in [2.75, 3.05) is 0 Å². The van der Waals surface area contributed by atoms with Crippen LogP contribution in [-0.4, -0.2) is 20.2 Å². The molecule has 0 aliphatic rings. The molecular weight excluding hydrogens is 249 g/mol. The molecule has 0 bridgehead atoms. The Hall–Kier alpha value is -2.12. The first-order valence-electron chi connectivity index (χ1n) is 5.06. The van der Waals surface area contributed by atoms with Crippen molar-refractivity contribution < 1.29 is 13.2 Å². The molecule has 0 spiro atoms. The fourth-order valence-electron chi connectivity index (χ4n) is 1.57. The predicted molar refractivity (Wildman–Crippen MR) is 55.9 cm³/mol. The van der Waals surface area contributed by atoms with E-state index in [1.165, 1.54) is 12.1 Å². The van der Waals surface area contributed by atoms with E-state index in [1.807, 2.05) is 0 Å². The molecule has 0 radical (unpaired) electrons. The molecule has 1 N–H and O–H groups in total. The van der Waals surface area contributed by atoms with E-state index < -0.39 is 23.5 Å². The molecule has 0 saturated heterocycles. The predicted octanol–water partition coefficient (Wildman–Crippen LogP) is 1.59. The van der Waals surface area contributed by atoms with Crippen LogP contribution in [0, 0.1) is 0 Å². The summed E-state index contributed by atoms with van der Waals surface area (Å²) < 4.78 is 38.6. The van der Waals surface area contributed by atoms with Gasteiger partial charge in [0.1, 0.15) is 0 Å². The van der Waals surface area contributed by atoms with E-state index in [0.29, 0.717) is 5.56 Å². The van der Waals surface area contributed by atoms with Crippen molar-refractivity contribution in [1.82, 2.24) is 20.2 Å². The van der Waals surface area contributed by atoms with Gasteiger partial charge in [0.2, 0.25) is 0 Å². The average molecular weight is 258 g/mol. The van der Waals surface area contributed by atoms with Gasteiger partial charge in [-0.2, -0.15) is 17.9 Å². The first-order chi connectivity index (χ1) is 8.39. The van der Waals surface area contributed by atoms with Gasteiger partial charge in [-0.3, -0.25) is 0 Å². The maximum absolute atomic E-state index is 12.6. The van der Waals surface area contributed by atoms with Gasteiger partial charge in [-0.1, -0.05) is 12.1 Å². The van der Waals surface area contributed by atoms with E-state index in [2.05, 4.69) is 15.5 Å². The lowest BCUT2D eigenvalue weighted by molar-refractivity contribution is -0.137. The normalized spacial score (nSPS) is 13.6. The molecule has 0 amide bonds. The summed E-state index contributed by atoms with van der Waals surface area (Å²) in [6, 6.07) is 4.13. The molecule has 2 rings (SSSR count). The van der Waals surface area contributed by atoms with Crippen LogP contribution in [0.5, 0.6) is 0 Å². The number of alkyl halides is 3. The second-order valence-electron chi connectivity index (χ2n) is 3.75. The molecule has 0 fully saturated rings. The van der Waals surface area contributed by atoms with Gasteiger partial charge in [-0.25, -0.2) is 9.89 Å². The number of nitrogens with zero attached hydrogens (tertiary/aromatic N) is 3. The molecule has 2 aromatic rings.